The van der Waals surface area contributed by atoms with Crippen LogP contribution in [-0.4, -0.2) is 43.0 Å². The SMILES string of the molecule is NC(=O)C=Cc1ccccc1CC(=O)N1CCOCC1. The first kappa shape index (κ1) is 14.3. The summed E-state index contributed by atoms with van der Waals surface area (Å²) in [6, 6.07) is 7.49. The van der Waals surface area contributed by atoms with Crippen LogP contribution in [0, 0.1) is 0 Å². The Kier molecular flexibility index (Phi) is 4.90. The van der Waals surface area contributed by atoms with Crippen LogP contribution in [0.4, 0.5) is 0 Å². The van der Waals surface area contributed by atoms with E-state index in [0.29, 0.717) is 32.7 Å². The summed E-state index contributed by atoms with van der Waals surface area (Å²) in [5.74, 6) is -0.424. The van der Waals surface area contributed by atoms with Crippen molar-refractivity contribution in [1.82, 2.24) is 4.90 Å². The first-order chi connectivity index (χ1) is 9.66. The molecule has 0 aromatic heterocycles. The number of primary amides is 1. The quantitative estimate of drug-likeness (QED) is 0.817. The van der Waals surface area contributed by atoms with Crippen molar-refractivity contribution in [3.63, 3.8) is 0 Å². The number of carbonyl (C=O) groups is 2. The number of amides is 2. The van der Waals surface area contributed by atoms with Crippen LogP contribution in [0.5, 0.6) is 0 Å². The second-order valence-electron chi connectivity index (χ2n) is 4.60. The van der Waals surface area contributed by atoms with Gasteiger partial charge in [0.25, 0.3) is 0 Å². The maximum absolute atomic E-state index is 12.2. The van der Waals surface area contributed by atoms with Crippen LogP contribution in [-0.2, 0) is 20.7 Å². The summed E-state index contributed by atoms with van der Waals surface area (Å²) < 4.78 is 5.23. The molecule has 1 saturated heterocycles. The van der Waals surface area contributed by atoms with Crippen LogP contribution in [0.1, 0.15) is 11.1 Å². The maximum atomic E-state index is 12.2. The van der Waals surface area contributed by atoms with E-state index in [1.807, 2.05) is 24.3 Å². The van der Waals surface area contributed by atoms with Crippen LogP contribution < -0.4 is 5.73 Å². The second kappa shape index (κ2) is 6.86. The normalized spacial score (nSPS) is 15.5. The molecule has 1 aromatic rings. The Morgan fingerprint density at radius 3 is 2.65 bits per heavy atom. The van der Waals surface area contributed by atoms with Gasteiger partial charge in [0.1, 0.15) is 0 Å². The fraction of sp³-hybridized carbons (Fsp3) is 0.333. The lowest BCUT2D eigenvalue weighted by Crippen LogP contribution is -2.41. The number of rotatable bonds is 4. The fourth-order valence-electron chi connectivity index (χ4n) is 2.12. The molecule has 0 radical (unpaired) electrons. The number of hydrogen-bond donors (Lipinski definition) is 1. The van der Waals surface area contributed by atoms with Crippen molar-refractivity contribution in [2.45, 2.75) is 6.42 Å². The Labute approximate surface area is 118 Å². The number of hydrogen-bond acceptors (Lipinski definition) is 3. The molecule has 0 saturated carbocycles. The Morgan fingerprint density at radius 1 is 1.25 bits per heavy atom. The molecule has 1 heterocycles. The molecule has 1 fully saturated rings. The van der Waals surface area contributed by atoms with Gasteiger partial charge < -0.3 is 15.4 Å². The molecule has 0 aliphatic carbocycles. The van der Waals surface area contributed by atoms with E-state index in [-0.39, 0.29) is 5.91 Å². The van der Waals surface area contributed by atoms with Crippen LogP contribution in [0.25, 0.3) is 6.08 Å². The summed E-state index contributed by atoms with van der Waals surface area (Å²) >= 11 is 0. The monoisotopic (exact) mass is 274 g/mol. The number of morpholine rings is 1. The molecule has 1 aliphatic heterocycles. The number of nitrogens with two attached hydrogens (primary N) is 1. The van der Waals surface area contributed by atoms with Gasteiger partial charge >= 0.3 is 0 Å². The molecule has 0 bridgehead atoms. The molecule has 1 aromatic carbocycles. The van der Waals surface area contributed by atoms with E-state index >= 15 is 0 Å². The first-order valence-electron chi connectivity index (χ1n) is 6.58. The highest BCUT2D eigenvalue weighted by atomic mass is 16.5. The van der Waals surface area contributed by atoms with Gasteiger partial charge in [-0.3, -0.25) is 9.59 Å². The second-order valence-corrected chi connectivity index (χ2v) is 4.60. The number of carbonyl (C=O) groups excluding carboxylic acids is 2. The van der Waals surface area contributed by atoms with Gasteiger partial charge in [-0.1, -0.05) is 24.3 Å². The number of nitrogens with zero attached hydrogens (tertiary/aromatic N) is 1. The molecule has 5 heteroatoms. The largest absolute Gasteiger partial charge is 0.378 e. The lowest BCUT2D eigenvalue weighted by Gasteiger charge is -2.27. The van der Waals surface area contributed by atoms with Crippen LogP contribution >= 0.6 is 0 Å². The van der Waals surface area contributed by atoms with E-state index in [1.54, 1.807) is 11.0 Å². The lowest BCUT2D eigenvalue weighted by atomic mass is 10.0. The van der Waals surface area contributed by atoms with Crippen molar-refractivity contribution in [2.75, 3.05) is 26.3 Å². The summed E-state index contributed by atoms with van der Waals surface area (Å²) in [5, 5.41) is 0. The summed E-state index contributed by atoms with van der Waals surface area (Å²) in [5.41, 5.74) is 6.82. The van der Waals surface area contributed by atoms with Gasteiger partial charge in [-0.2, -0.15) is 0 Å². The Balaban J connectivity index is 2.08. The van der Waals surface area contributed by atoms with Gasteiger partial charge in [-0.15, -0.1) is 0 Å². The van der Waals surface area contributed by atoms with Crippen LogP contribution in [0.3, 0.4) is 0 Å². The molecule has 2 N–H and O–H groups in total. The van der Waals surface area contributed by atoms with Crippen molar-refractivity contribution < 1.29 is 14.3 Å². The van der Waals surface area contributed by atoms with Crippen LogP contribution in [0.15, 0.2) is 30.3 Å². The zero-order chi connectivity index (χ0) is 14.4. The van der Waals surface area contributed by atoms with Gasteiger partial charge in [0.05, 0.1) is 19.6 Å². The zero-order valence-electron chi connectivity index (χ0n) is 11.2. The molecule has 2 amide bonds. The summed E-state index contributed by atoms with van der Waals surface area (Å²) in [6.45, 7) is 2.46. The molecule has 1 aliphatic rings. The van der Waals surface area contributed by atoms with Gasteiger partial charge in [0.2, 0.25) is 11.8 Å². The molecule has 0 spiro atoms. The Hall–Kier alpha value is -2.14. The zero-order valence-corrected chi connectivity index (χ0v) is 11.2. The topological polar surface area (TPSA) is 72.6 Å². The third kappa shape index (κ3) is 3.93. The maximum Gasteiger partial charge on any atom is 0.241 e. The predicted octanol–water partition coefficient (Wildman–Crippen LogP) is 0.586. The molecule has 20 heavy (non-hydrogen) atoms. The predicted molar refractivity (Wildman–Crippen MR) is 75.8 cm³/mol. The van der Waals surface area contributed by atoms with E-state index in [2.05, 4.69) is 0 Å². The highest BCUT2D eigenvalue weighted by Crippen LogP contribution is 2.13. The third-order valence-electron chi connectivity index (χ3n) is 3.19. The van der Waals surface area contributed by atoms with E-state index in [1.165, 1.54) is 6.08 Å². The standard InChI is InChI=1S/C15H18N2O3/c16-14(18)6-5-12-3-1-2-4-13(12)11-15(19)17-7-9-20-10-8-17/h1-6H,7-11H2,(H2,16,18). The summed E-state index contributed by atoms with van der Waals surface area (Å²) in [6.07, 6.45) is 3.27. The molecular weight excluding hydrogens is 256 g/mol. The highest BCUT2D eigenvalue weighted by molar-refractivity contribution is 5.90. The van der Waals surface area contributed by atoms with Crippen molar-refractivity contribution in [1.29, 1.82) is 0 Å². The number of benzene rings is 1. The van der Waals surface area contributed by atoms with Crippen molar-refractivity contribution in [3.8, 4) is 0 Å². The van der Waals surface area contributed by atoms with Gasteiger partial charge in [-0.05, 0) is 17.2 Å². The van der Waals surface area contributed by atoms with E-state index in [4.69, 9.17) is 10.5 Å². The van der Waals surface area contributed by atoms with E-state index < -0.39 is 5.91 Å². The first-order valence-corrected chi connectivity index (χ1v) is 6.58. The molecule has 106 valence electrons. The highest BCUT2D eigenvalue weighted by Gasteiger charge is 2.17. The summed E-state index contributed by atoms with van der Waals surface area (Å²) in [4.78, 5) is 24.8. The van der Waals surface area contributed by atoms with Gasteiger partial charge in [0, 0.05) is 19.2 Å². The van der Waals surface area contributed by atoms with Gasteiger partial charge in [-0.25, -0.2) is 0 Å². The number of ether oxygens (including phenoxy) is 1. The average molecular weight is 274 g/mol. The lowest BCUT2D eigenvalue weighted by molar-refractivity contribution is -0.134. The minimum Gasteiger partial charge on any atom is -0.378 e. The Morgan fingerprint density at radius 2 is 1.95 bits per heavy atom. The Bertz CT molecular complexity index is 520. The molecule has 0 unspecified atom stereocenters. The molecule has 2 rings (SSSR count). The van der Waals surface area contributed by atoms with Crippen LogP contribution in [0.2, 0.25) is 0 Å². The smallest absolute Gasteiger partial charge is 0.241 e. The molecule has 5 nitrogen and oxygen atoms in total. The summed E-state index contributed by atoms with van der Waals surface area (Å²) in [7, 11) is 0. The van der Waals surface area contributed by atoms with Crippen molar-refractivity contribution in [3.05, 3.63) is 41.5 Å². The third-order valence-corrected chi connectivity index (χ3v) is 3.19. The minimum absolute atomic E-state index is 0.0771. The van der Waals surface area contributed by atoms with Gasteiger partial charge in [0.15, 0.2) is 0 Å². The minimum atomic E-state index is -0.501. The van der Waals surface area contributed by atoms with E-state index in [9.17, 15) is 9.59 Å². The van der Waals surface area contributed by atoms with Crippen molar-refractivity contribution in [2.24, 2.45) is 5.73 Å². The van der Waals surface area contributed by atoms with Crippen molar-refractivity contribution >= 4 is 17.9 Å². The fourth-order valence-corrected chi connectivity index (χ4v) is 2.12. The van der Waals surface area contributed by atoms with E-state index in [0.717, 1.165) is 11.1 Å². The molecular formula is C15H18N2O3. The molecule has 0 atom stereocenters. The average Bonchev–Trinajstić information content (AvgIpc) is 2.47.